The Balaban J connectivity index is 2.14. The molecule has 0 radical (unpaired) electrons. The van der Waals surface area contributed by atoms with Gasteiger partial charge in [0.25, 0.3) is 0 Å². The molecule has 3 rings (SSSR count). The van der Waals surface area contributed by atoms with E-state index >= 15 is 0 Å². The number of nitrogens with two attached hydrogens (primary N) is 1. The normalized spacial score (nSPS) is 12.8. The lowest BCUT2D eigenvalue weighted by Gasteiger charge is -2.11. The van der Waals surface area contributed by atoms with Crippen LogP contribution in [0, 0.1) is 11.6 Å². The number of benzene rings is 2. The van der Waals surface area contributed by atoms with Crippen molar-refractivity contribution < 1.29 is 8.78 Å². The van der Waals surface area contributed by atoms with Crippen molar-refractivity contribution in [2.75, 3.05) is 0 Å². The molecule has 1 unspecified atom stereocenters. The van der Waals surface area contributed by atoms with E-state index in [4.69, 9.17) is 5.73 Å². The molecular formula is C16H15F2N3. The molecule has 1 atom stereocenters. The third-order valence-corrected chi connectivity index (χ3v) is 3.33. The average Bonchev–Trinajstić information content (AvgIpc) is 2.81. The van der Waals surface area contributed by atoms with Gasteiger partial charge in [-0.2, -0.15) is 0 Å². The van der Waals surface area contributed by atoms with Crippen molar-refractivity contribution in [3.05, 3.63) is 59.9 Å². The van der Waals surface area contributed by atoms with Crippen molar-refractivity contribution in [2.24, 2.45) is 5.73 Å². The molecule has 1 aromatic heterocycles. The van der Waals surface area contributed by atoms with E-state index in [1.165, 1.54) is 23.0 Å². The lowest BCUT2D eigenvalue weighted by Crippen LogP contribution is -2.18. The Labute approximate surface area is 121 Å². The average molecular weight is 287 g/mol. The van der Waals surface area contributed by atoms with Gasteiger partial charge in [-0.05, 0) is 43.2 Å². The van der Waals surface area contributed by atoms with Crippen LogP contribution in [-0.4, -0.2) is 15.6 Å². The van der Waals surface area contributed by atoms with E-state index < -0.39 is 11.6 Å². The summed E-state index contributed by atoms with van der Waals surface area (Å²) < 4.78 is 30.1. The minimum atomic E-state index is -0.617. The Kier molecular flexibility index (Phi) is 3.43. The minimum Gasteiger partial charge on any atom is -0.328 e. The molecule has 3 nitrogen and oxygen atoms in total. The summed E-state index contributed by atoms with van der Waals surface area (Å²) >= 11 is 0. The maximum atomic E-state index is 14.3. The van der Waals surface area contributed by atoms with Gasteiger partial charge < -0.3 is 5.73 Å². The molecule has 0 aliphatic rings. The van der Waals surface area contributed by atoms with Crippen molar-refractivity contribution in [3.63, 3.8) is 0 Å². The standard InChI is InChI=1S/C16H15F2N3/c1-10(19)6-11-7-12(17)16(13(18)8-11)21-9-20-14-4-2-3-5-15(14)21/h2-5,7-10H,6,19H2,1H3. The number of aromatic nitrogens is 2. The molecule has 2 aromatic carbocycles. The zero-order valence-electron chi connectivity index (χ0n) is 11.6. The van der Waals surface area contributed by atoms with Crippen LogP contribution < -0.4 is 5.73 Å². The predicted molar refractivity (Wildman–Crippen MR) is 78.3 cm³/mol. The van der Waals surface area contributed by atoms with Crippen molar-refractivity contribution in [1.82, 2.24) is 9.55 Å². The highest BCUT2D eigenvalue weighted by Gasteiger charge is 2.16. The van der Waals surface area contributed by atoms with E-state index in [2.05, 4.69) is 4.98 Å². The summed E-state index contributed by atoms with van der Waals surface area (Å²) in [7, 11) is 0. The van der Waals surface area contributed by atoms with Gasteiger partial charge in [-0.25, -0.2) is 13.8 Å². The molecule has 0 bridgehead atoms. The van der Waals surface area contributed by atoms with Crippen LogP contribution in [0.25, 0.3) is 16.7 Å². The molecule has 0 saturated carbocycles. The van der Waals surface area contributed by atoms with Crippen molar-refractivity contribution >= 4 is 11.0 Å². The number of imidazole rings is 1. The SMILES string of the molecule is CC(N)Cc1cc(F)c(-n2cnc3ccccc32)c(F)c1. The zero-order chi connectivity index (χ0) is 15.0. The number of hydrogen-bond donors (Lipinski definition) is 1. The van der Waals surface area contributed by atoms with Crippen LogP contribution in [0.4, 0.5) is 8.78 Å². The summed E-state index contributed by atoms with van der Waals surface area (Å²) in [6.07, 6.45) is 1.86. The molecule has 0 saturated heterocycles. The molecule has 0 fully saturated rings. The smallest absolute Gasteiger partial charge is 0.150 e. The molecule has 21 heavy (non-hydrogen) atoms. The number of rotatable bonds is 3. The van der Waals surface area contributed by atoms with E-state index in [9.17, 15) is 8.78 Å². The molecule has 108 valence electrons. The van der Waals surface area contributed by atoms with E-state index in [1.807, 2.05) is 6.07 Å². The molecule has 0 aliphatic heterocycles. The fourth-order valence-electron chi connectivity index (χ4n) is 2.48. The van der Waals surface area contributed by atoms with Gasteiger partial charge in [0.15, 0.2) is 11.6 Å². The third-order valence-electron chi connectivity index (χ3n) is 3.33. The van der Waals surface area contributed by atoms with Crippen molar-refractivity contribution in [2.45, 2.75) is 19.4 Å². The summed E-state index contributed by atoms with van der Waals surface area (Å²) in [5.74, 6) is -1.23. The third kappa shape index (κ3) is 2.52. The molecular weight excluding hydrogens is 272 g/mol. The van der Waals surface area contributed by atoms with Gasteiger partial charge in [0.1, 0.15) is 12.0 Å². The molecule has 2 N–H and O–H groups in total. The summed E-state index contributed by atoms with van der Waals surface area (Å²) in [5.41, 5.74) is 7.46. The first kappa shape index (κ1) is 13.7. The molecule has 5 heteroatoms. The molecule has 0 spiro atoms. The first-order valence-corrected chi connectivity index (χ1v) is 6.72. The summed E-state index contributed by atoms with van der Waals surface area (Å²) in [4.78, 5) is 4.16. The Morgan fingerprint density at radius 1 is 1.19 bits per heavy atom. The Bertz CT molecular complexity index is 770. The summed E-state index contributed by atoms with van der Waals surface area (Å²) in [6.45, 7) is 1.80. The van der Waals surface area contributed by atoms with E-state index in [0.717, 1.165) is 0 Å². The van der Waals surface area contributed by atoms with Crippen LogP contribution in [-0.2, 0) is 6.42 Å². The van der Waals surface area contributed by atoms with Crippen LogP contribution in [0.2, 0.25) is 0 Å². The number of fused-ring (bicyclic) bond motifs is 1. The number of halogens is 2. The summed E-state index contributed by atoms with van der Waals surface area (Å²) in [6, 6.07) is 9.72. The highest BCUT2D eigenvalue weighted by Crippen LogP contribution is 2.24. The van der Waals surface area contributed by atoms with Crippen molar-refractivity contribution in [1.29, 1.82) is 0 Å². The van der Waals surface area contributed by atoms with Crippen LogP contribution in [0.1, 0.15) is 12.5 Å². The van der Waals surface area contributed by atoms with Gasteiger partial charge in [-0.1, -0.05) is 12.1 Å². The molecule has 1 heterocycles. The molecule has 3 aromatic rings. The number of para-hydroxylation sites is 2. The first-order valence-electron chi connectivity index (χ1n) is 6.72. The van der Waals surface area contributed by atoms with Gasteiger partial charge >= 0.3 is 0 Å². The van der Waals surface area contributed by atoms with Crippen LogP contribution in [0.5, 0.6) is 0 Å². The monoisotopic (exact) mass is 287 g/mol. The van der Waals surface area contributed by atoms with E-state index in [1.54, 1.807) is 25.1 Å². The predicted octanol–water partition coefficient (Wildman–Crippen LogP) is 3.19. The van der Waals surface area contributed by atoms with Gasteiger partial charge in [0, 0.05) is 6.04 Å². The minimum absolute atomic E-state index is 0.114. The fraction of sp³-hybridized carbons (Fsp3) is 0.188. The van der Waals surface area contributed by atoms with Gasteiger partial charge in [0.05, 0.1) is 11.0 Å². The number of hydrogen-bond acceptors (Lipinski definition) is 2. The Morgan fingerprint density at radius 3 is 2.52 bits per heavy atom. The molecule has 0 amide bonds. The van der Waals surface area contributed by atoms with Crippen molar-refractivity contribution in [3.8, 4) is 5.69 Å². The highest BCUT2D eigenvalue weighted by molar-refractivity contribution is 5.77. The van der Waals surface area contributed by atoms with E-state index in [-0.39, 0.29) is 11.7 Å². The van der Waals surface area contributed by atoms with Crippen LogP contribution in [0.15, 0.2) is 42.7 Å². The molecule has 0 aliphatic carbocycles. The lowest BCUT2D eigenvalue weighted by atomic mass is 10.1. The second-order valence-electron chi connectivity index (χ2n) is 5.19. The largest absolute Gasteiger partial charge is 0.328 e. The van der Waals surface area contributed by atoms with Gasteiger partial charge in [-0.3, -0.25) is 4.57 Å². The van der Waals surface area contributed by atoms with Gasteiger partial charge in [0.2, 0.25) is 0 Å². The topological polar surface area (TPSA) is 43.8 Å². The number of nitrogens with zero attached hydrogens (tertiary/aromatic N) is 2. The maximum absolute atomic E-state index is 14.3. The Hall–Kier alpha value is -2.27. The second kappa shape index (κ2) is 5.26. The van der Waals surface area contributed by atoms with Crippen LogP contribution >= 0.6 is 0 Å². The quantitative estimate of drug-likeness (QED) is 0.804. The summed E-state index contributed by atoms with van der Waals surface area (Å²) in [5, 5.41) is 0. The van der Waals surface area contributed by atoms with Crippen LogP contribution in [0.3, 0.4) is 0 Å². The first-order chi connectivity index (χ1) is 10.1. The maximum Gasteiger partial charge on any atom is 0.150 e. The second-order valence-corrected chi connectivity index (χ2v) is 5.19. The van der Waals surface area contributed by atoms with Gasteiger partial charge in [-0.15, -0.1) is 0 Å². The van der Waals surface area contributed by atoms with E-state index in [0.29, 0.717) is 23.0 Å². The fourth-order valence-corrected chi connectivity index (χ4v) is 2.48. The lowest BCUT2D eigenvalue weighted by molar-refractivity contribution is 0.565. The zero-order valence-corrected chi connectivity index (χ0v) is 11.6. The Morgan fingerprint density at radius 2 is 1.86 bits per heavy atom. The highest BCUT2D eigenvalue weighted by atomic mass is 19.1.